The Labute approximate surface area is 77.4 Å². The summed E-state index contributed by atoms with van der Waals surface area (Å²) in [5.74, 6) is -0.544. The predicted octanol–water partition coefficient (Wildman–Crippen LogP) is -0.298. The van der Waals surface area contributed by atoms with Crippen molar-refractivity contribution in [3.05, 3.63) is 0 Å². The standard InChI is InChI=1S/C8H15NO4/c1-12-7(10)4-3-5-9-6-8(11)13-2/h9H,3-6H2,1-2H3. The Morgan fingerprint density at radius 2 is 1.77 bits per heavy atom. The van der Waals surface area contributed by atoms with E-state index in [1.807, 2.05) is 0 Å². The number of hydrogen-bond acceptors (Lipinski definition) is 5. The molecule has 0 aliphatic heterocycles. The second-order valence-electron chi connectivity index (χ2n) is 2.43. The third kappa shape index (κ3) is 7.27. The van der Waals surface area contributed by atoms with E-state index in [0.29, 0.717) is 19.4 Å². The minimum Gasteiger partial charge on any atom is -0.469 e. The van der Waals surface area contributed by atoms with Crippen LogP contribution in [0.2, 0.25) is 0 Å². The molecule has 0 heterocycles. The Morgan fingerprint density at radius 1 is 1.15 bits per heavy atom. The third-order valence-corrected chi connectivity index (χ3v) is 1.46. The van der Waals surface area contributed by atoms with Crippen LogP contribution in [-0.4, -0.2) is 39.2 Å². The van der Waals surface area contributed by atoms with Crippen LogP contribution >= 0.6 is 0 Å². The third-order valence-electron chi connectivity index (χ3n) is 1.46. The molecule has 0 atom stereocenters. The highest BCUT2D eigenvalue weighted by Crippen LogP contribution is 1.89. The van der Waals surface area contributed by atoms with Crippen LogP contribution in [0, 0.1) is 0 Å². The van der Waals surface area contributed by atoms with E-state index in [-0.39, 0.29) is 18.5 Å². The number of ether oxygens (including phenoxy) is 2. The second-order valence-corrected chi connectivity index (χ2v) is 2.43. The molecule has 0 amide bonds. The van der Waals surface area contributed by atoms with Crippen LogP contribution in [-0.2, 0) is 19.1 Å². The van der Waals surface area contributed by atoms with Crippen LogP contribution in [0.25, 0.3) is 0 Å². The van der Waals surface area contributed by atoms with Gasteiger partial charge in [-0.05, 0) is 13.0 Å². The maximum atomic E-state index is 10.6. The first-order valence-electron chi connectivity index (χ1n) is 4.05. The first kappa shape index (κ1) is 11.9. The minimum atomic E-state index is -0.307. The Morgan fingerprint density at radius 3 is 2.31 bits per heavy atom. The van der Waals surface area contributed by atoms with Crippen molar-refractivity contribution in [2.75, 3.05) is 27.3 Å². The van der Waals surface area contributed by atoms with E-state index in [1.165, 1.54) is 14.2 Å². The number of nitrogens with one attached hydrogen (secondary N) is 1. The molecular weight excluding hydrogens is 174 g/mol. The molecule has 0 rings (SSSR count). The largest absolute Gasteiger partial charge is 0.469 e. The fraction of sp³-hybridized carbons (Fsp3) is 0.750. The first-order valence-corrected chi connectivity index (χ1v) is 4.05. The average Bonchev–Trinajstić information content (AvgIpc) is 2.16. The van der Waals surface area contributed by atoms with Crippen molar-refractivity contribution < 1.29 is 19.1 Å². The zero-order chi connectivity index (χ0) is 10.1. The molecule has 0 aliphatic carbocycles. The lowest BCUT2D eigenvalue weighted by Crippen LogP contribution is -2.25. The molecule has 0 aromatic carbocycles. The quantitative estimate of drug-likeness (QED) is 0.459. The smallest absolute Gasteiger partial charge is 0.319 e. The van der Waals surface area contributed by atoms with E-state index in [1.54, 1.807) is 0 Å². The molecule has 0 spiro atoms. The molecule has 0 radical (unpaired) electrons. The van der Waals surface area contributed by atoms with E-state index < -0.39 is 0 Å². The predicted molar refractivity (Wildman–Crippen MR) is 46.1 cm³/mol. The molecule has 0 aliphatic rings. The van der Waals surface area contributed by atoms with Gasteiger partial charge in [-0.2, -0.15) is 0 Å². The zero-order valence-electron chi connectivity index (χ0n) is 7.96. The monoisotopic (exact) mass is 189 g/mol. The molecule has 13 heavy (non-hydrogen) atoms. The summed E-state index contributed by atoms with van der Waals surface area (Å²) in [4.78, 5) is 21.2. The molecule has 0 unspecified atom stereocenters. The van der Waals surface area contributed by atoms with Crippen LogP contribution < -0.4 is 5.32 Å². The first-order chi connectivity index (χ1) is 6.20. The number of carbonyl (C=O) groups is 2. The molecule has 0 saturated heterocycles. The topological polar surface area (TPSA) is 64.6 Å². The van der Waals surface area contributed by atoms with Gasteiger partial charge in [-0.15, -0.1) is 0 Å². The van der Waals surface area contributed by atoms with Crippen LogP contribution in [0.1, 0.15) is 12.8 Å². The molecule has 76 valence electrons. The van der Waals surface area contributed by atoms with Gasteiger partial charge in [-0.1, -0.05) is 0 Å². The SMILES string of the molecule is COC(=O)CCCNCC(=O)OC. The molecular formula is C8H15NO4. The average molecular weight is 189 g/mol. The lowest BCUT2D eigenvalue weighted by molar-refractivity contribution is -0.140. The number of carbonyl (C=O) groups excluding carboxylic acids is 2. The lowest BCUT2D eigenvalue weighted by Gasteiger charge is -2.02. The molecule has 0 aromatic rings. The Hall–Kier alpha value is -1.10. The summed E-state index contributed by atoms with van der Waals surface area (Å²) in [5.41, 5.74) is 0. The lowest BCUT2D eigenvalue weighted by atomic mass is 10.3. The van der Waals surface area contributed by atoms with Gasteiger partial charge in [0.25, 0.3) is 0 Å². The van der Waals surface area contributed by atoms with Gasteiger partial charge in [0.15, 0.2) is 0 Å². The second kappa shape index (κ2) is 7.54. The summed E-state index contributed by atoms with van der Waals surface area (Å²) in [7, 11) is 2.68. The normalized spacial score (nSPS) is 9.38. The molecule has 0 saturated carbocycles. The highest BCUT2D eigenvalue weighted by atomic mass is 16.5. The number of rotatable bonds is 6. The Kier molecular flexibility index (Phi) is 6.91. The summed E-state index contributed by atoms with van der Waals surface area (Å²) < 4.78 is 8.85. The molecule has 0 aromatic heterocycles. The van der Waals surface area contributed by atoms with Crippen molar-refractivity contribution in [3.63, 3.8) is 0 Å². The van der Waals surface area contributed by atoms with Crippen molar-refractivity contribution in [2.24, 2.45) is 0 Å². The van der Waals surface area contributed by atoms with Gasteiger partial charge in [-0.25, -0.2) is 0 Å². The minimum absolute atomic E-state index is 0.178. The number of methoxy groups -OCH3 is 2. The highest BCUT2D eigenvalue weighted by molar-refractivity contribution is 5.71. The van der Waals surface area contributed by atoms with Gasteiger partial charge in [0.1, 0.15) is 0 Å². The van der Waals surface area contributed by atoms with Crippen molar-refractivity contribution in [1.29, 1.82) is 0 Å². The van der Waals surface area contributed by atoms with E-state index in [4.69, 9.17) is 0 Å². The van der Waals surface area contributed by atoms with Crippen molar-refractivity contribution >= 4 is 11.9 Å². The van der Waals surface area contributed by atoms with Gasteiger partial charge in [0.2, 0.25) is 0 Å². The Bertz CT molecular complexity index is 152. The van der Waals surface area contributed by atoms with Crippen LogP contribution in [0.3, 0.4) is 0 Å². The summed E-state index contributed by atoms with van der Waals surface area (Å²) in [5, 5.41) is 2.83. The van der Waals surface area contributed by atoms with Crippen LogP contribution in [0.5, 0.6) is 0 Å². The van der Waals surface area contributed by atoms with Gasteiger partial charge >= 0.3 is 11.9 Å². The molecule has 5 nitrogen and oxygen atoms in total. The number of hydrogen-bond donors (Lipinski definition) is 1. The van der Waals surface area contributed by atoms with Crippen LogP contribution in [0.4, 0.5) is 0 Å². The van der Waals surface area contributed by atoms with E-state index in [0.717, 1.165) is 0 Å². The maximum Gasteiger partial charge on any atom is 0.319 e. The van der Waals surface area contributed by atoms with Gasteiger partial charge in [0.05, 0.1) is 20.8 Å². The van der Waals surface area contributed by atoms with Crippen molar-refractivity contribution in [2.45, 2.75) is 12.8 Å². The van der Waals surface area contributed by atoms with E-state index in [9.17, 15) is 9.59 Å². The summed E-state index contributed by atoms with van der Waals surface area (Å²) in [6, 6.07) is 0. The fourth-order valence-corrected chi connectivity index (χ4v) is 0.722. The maximum absolute atomic E-state index is 10.6. The van der Waals surface area contributed by atoms with Gasteiger partial charge in [-0.3, -0.25) is 9.59 Å². The highest BCUT2D eigenvalue weighted by Gasteiger charge is 2.00. The van der Waals surface area contributed by atoms with Gasteiger partial charge < -0.3 is 14.8 Å². The van der Waals surface area contributed by atoms with Gasteiger partial charge in [0, 0.05) is 6.42 Å². The molecule has 0 fully saturated rings. The van der Waals surface area contributed by atoms with Crippen LogP contribution in [0.15, 0.2) is 0 Å². The fourth-order valence-electron chi connectivity index (χ4n) is 0.722. The molecule has 5 heteroatoms. The summed E-state index contributed by atoms with van der Waals surface area (Å²) >= 11 is 0. The summed E-state index contributed by atoms with van der Waals surface area (Å²) in [6.45, 7) is 0.780. The van der Waals surface area contributed by atoms with E-state index >= 15 is 0 Å². The van der Waals surface area contributed by atoms with Crippen molar-refractivity contribution in [1.82, 2.24) is 5.32 Å². The van der Waals surface area contributed by atoms with E-state index in [2.05, 4.69) is 14.8 Å². The Balaban J connectivity index is 3.17. The number of esters is 2. The molecule has 0 bridgehead atoms. The van der Waals surface area contributed by atoms with Crippen molar-refractivity contribution in [3.8, 4) is 0 Å². The zero-order valence-corrected chi connectivity index (χ0v) is 7.96. The summed E-state index contributed by atoms with van der Waals surface area (Å²) in [6.07, 6.45) is 1.02. The molecule has 1 N–H and O–H groups in total.